The summed E-state index contributed by atoms with van der Waals surface area (Å²) in [4.78, 5) is 0. The Morgan fingerprint density at radius 3 is 2.35 bits per heavy atom. The summed E-state index contributed by atoms with van der Waals surface area (Å²) in [5, 5.41) is 5.45. The number of aromatic nitrogens is 2. The van der Waals surface area contributed by atoms with Crippen LogP contribution in [0.3, 0.4) is 0 Å². The van der Waals surface area contributed by atoms with E-state index in [1.165, 1.54) is 25.7 Å². The van der Waals surface area contributed by atoms with Gasteiger partial charge in [-0.15, -0.1) is 11.6 Å². The highest BCUT2D eigenvalue weighted by Crippen LogP contribution is 2.39. The molecule has 0 aromatic carbocycles. The Bertz CT molecular complexity index is 398. The Labute approximate surface area is 113 Å². The van der Waals surface area contributed by atoms with Crippen molar-refractivity contribution >= 4 is 23.2 Å². The zero-order chi connectivity index (χ0) is 12.6. The van der Waals surface area contributed by atoms with E-state index in [9.17, 15) is 0 Å². The van der Waals surface area contributed by atoms with Gasteiger partial charge in [-0.2, -0.15) is 5.10 Å². The Balaban J connectivity index is 2.44. The molecule has 0 spiro atoms. The van der Waals surface area contributed by atoms with E-state index in [1.807, 2.05) is 4.68 Å². The van der Waals surface area contributed by atoms with E-state index < -0.39 is 0 Å². The maximum absolute atomic E-state index is 6.41. The van der Waals surface area contributed by atoms with Gasteiger partial charge in [0.15, 0.2) is 0 Å². The molecule has 1 aliphatic carbocycles. The zero-order valence-corrected chi connectivity index (χ0v) is 12.3. The summed E-state index contributed by atoms with van der Waals surface area (Å²) < 4.78 is 1.92. The Kier molecular flexibility index (Phi) is 3.74. The molecule has 0 saturated heterocycles. The summed E-state index contributed by atoms with van der Waals surface area (Å²) in [6.07, 6.45) is 5.04. The normalized spacial score (nSPS) is 17.9. The average molecular weight is 275 g/mol. The van der Waals surface area contributed by atoms with E-state index in [0.29, 0.717) is 11.8 Å². The van der Waals surface area contributed by atoms with Crippen molar-refractivity contribution in [1.82, 2.24) is 9.78 Å². The third-order valence-corrected chi connectivity index (χ3v) is 4.12. The van der Waals surface area contributed by atoms with Crippen molar-refractivity contribution in [3.05, 3.63) is 16.4 Å². The topological polar surface area (TPSA) is 17.8 Å². The van der Waals surface area contributed by atoms with Crippen LogP contribution in [0.25, 0.3) is 0 Å². The monoisotopic (exact) mass is 274 g/mol. The zero-order valence-electron chi connectivity index (χ0n) is 10.8. The van der Waals surface area contributed by atoms with Crippen LogP contribution in [0, 0.1) is 0 Å². The lowest BCUT2D eigenvalue weighted by molar-refractivity contribution is 0.352. The van der Waals surface area contributed by atoms with E-state index >= 15 is 0 Å². The van der Waals surface area contributed by atoms with Crippen molar-refractivity contribution in [3.63, 3.8) is 0 Å². The van der Waals surface area contributed by atoms with Gasteiger partial charge < -0.3 is 0 Å². The third-order valence-electron chi connectivity index (χ3n) is 3.46. The highest BCUT2D eigenvalue weighted by Gasteiger charge is 2.28. The first kappa shape index (κ1) is 13.2. The summed E-state index contributed by atoms with van der Waals surface area (Å²) in [6, 6.07) is 0. The van der Waals surface area contributed by atoms with Gasteiger partial charge in [0.25, 0.3) is 0 Å². The standard InChI is InChI=1S/C13H20Cl2N2/c1-13(2,3)17-12(15)10(8-14)11(16-17)9-6-4-5-7-9/h9H,4-8H2,1-3H3. The number of alkyl halides is 1. The van der Waals surface area contributed by atoms with Crippen LogP contribution in [0.1, 0.15) is 63.6 Å². The molecule has 1 fully saturated rings. The average Bonchev–Trinajstić information content (AvgIpc) is 2.82. The second-order valence-corrected chi connectivity index (χ2v) is 6.48. The molecule has 1 heterocycles. The van der Waals surface area contributed by atoms with Gasteiger partial charge in [-0.3, -0.25) is 0 Å². The highest BCUT2D eigenvalue weighted by atomic mass is 35.5. The smallest absolute Gasteiger partial charge is 0.132 e. The van der Waals surface area contributed by atoms with E-state index in [4.69, 9.17) is 28.3 Å². The molecule has 0 aliphatic heterocycles. The van der Waals surface area contributed by atoms with Crippen molar-refractivity contribution in [3.8, 4) is 0 Å². The largest absolute Gasteiger partial charge is 0.248 e. The van der Waals surface area contributed by atoms with E-state index in [2.05, 4.69) is 20.8 Å². The SMILES string of the molecule is CC(C)(C)n1nc(C2CCCC2)c(CCl)c1Cl. The maximum Gasteiger partial charge on any atom is 0.132 e. The van der Waals surface area contributed by atoms with Gasteiger partial charge in [-0.1, -0.05) is 24.4 Å². The molecule has 0 radical (unpaired) electrons. The Morgan fingerprint density at radius 2 is 1.88 bits per heavy atom. The summed E-state index contributed by atoms with van der Waals surface area (Å²) in [5.41, 5.74) is 2.09. The Morgan fingerprint density at radius 1 is 1.29 bits per heavy atom. The molecule has 2 rings (SSSR count). The molecule has 4 heteroatoms. The quantitative estimate of drug-likeness (QED) is 0.716. The molecule has 96 valence electrons. The second kappa shape index (κ2) is 4.81. The van der Waals surface area contributed by atoms with Gasteiger partial charge in [-0.05, 0) is 33.6 Å². The van der Waals surface area contributed by atoms with Gasteiger partial charge in [-0.25, -0.2) is 4.68 Å². The number of rotatable bonds is 2. The summed E-state index contributed by atoms with van der Waals surface area (Å²) in [6.45, 7) is 6.34. The van der Waals surface area contributed by atoms with Gasteiger partial charge in [0, 0.05) is 11.5 Å². The molecular weight excluding hydrogens is 255 g/mol. The van der Waals surface area contributed by atoms with Crippen LogP contribution in [0.5, 0.6) is 0 Å². The van der Waals surface area contributed by atoms with Crippen molar-refractivity contribution in [2.75, 3.05) is 0 Å². The molecule has 1 aromatic heterocycles. The molecule has 2 nitrogen and oxygen atoms in total. The van der Waals surface area contributed by atoms with Crippen LogP contribution in [0.4, 0.5) is 0 Å². The molecule has 1 aliphatic rings. The minimum Gasteiger partial charge on any atom is -0.248 e. The summed E-state index contributed by atoms with van der Waals surface area (Å²) in [7, 11) is 0. The fourth-order valence-corrected chi connectivity index (χ4v) is 3.33. The Hall–Kier alpha value is -0.210. The minimum atomic E-state index is -0.0885. The first-order chi connectivity index (χ1) is 7.95. The van der Waals surface area contributed by atoms with Crippen molar-refractivity contribution in [2.45, 2.75) is 63.8 Å². The molecule has 1 saturated carbocycles. The van der Waals surface area contributed by atoms with Crippen LogP contribution in [-0.4, -0.2) is 9.78 Å². The summed E-state index contributed by atoms with van der Waals surface area (Å²) >= 11 is 12.5. The molecule has 0 amide bonds. The number of nitrogens with zero attached hydrogens (tertiary/aromatic N) is 2. The van der Waals surface area contributed by atoms with E-state index in [1.54, 1.807) is 0 Å². The number of halogens is 2. The molecular formula is C13H20Cl2N2. The van der Waals surface area contributed by atoms with Gasteiger partial charge in [0.2, 0.25) is 0 Å². The predicted molar refractivity (Wildman–Crippen MR) is 73.0 cm³/mol. The molecule has 0 N–H and O–H groups in total. The van der Waals surface area contributed by atoms with Crippen LogP contribution in [-0.2, 0) is 11.4 Å². The van der Waals surface area contributed by atoms with Crippen molar-refractivity contribution < 1.29 is 0 Å². The van der Waals surface area contributed by atoms with Gasteiger partial charge >= 0.3 is 0 Å². The fourth-order valence-electron chi connectivity index (χ4n) is 2.54. The van der Waals surface area contributed by atoms with Crippen LogP contribution < -0.4 is 0 Å². The lowest BCUT2D eigenvalue weighted by atomic mass is 10.0. The maximum atomic E-state index is 6.41. The first-order valence-corrected chi connectivity index (χ1v) is 7.20. The predicted octanol–water partition coefficient (Wildman–Crippen LogP) is 4.69. The van der Waals surface area contributed by atoms with Crippen LogP contribution in [0.2, 0.25) is 5.15 Å². The highest BCUT2D eigenvalue weighted by molar-refractivity contribution is 6.31. The van der Waals surface area contributed by atoms with Crippen molar-refractivity contribution in [1.29, 1.82) is 0 Å². The third kappa shape index (κ3) is 2.48. The number of hydrogen-bond acceptors (Lipinski definition) is 1. The summed E-state index contributed by atoms with van der Waals surface area (Å²) in [5.74, 6) is 1.02. The van der Waals surface area contributed by atoms with Crippen LogP contribution in [0.15, 0.2) is 0 Å². The van der Waals surface area contributed by atoms with Gasteiger partial charge in [0.05, 0.1) is 17.1 Å². The van der Waals surface area contributed by atoms with Crippen LogP contribution >= 0.6 is 23.2 Å². The molecule has 17 heavy (non-hydrogen) atoms. The molecule has 1 aromatic rings. The first-order valence-electron chi connectivity index (χ1n) is 6.29. The molecule has 0 unspecified atom stereocenters. The van der Waals surface area contributed by atoms with E-state index in [0.717, 1.165) is 16.4 Å². The fraction of sp³-hybridized carbons (Fsp3) is 0.769. The van der Waals surface area contributed by atoms with Gasteiger partial charge in [0.1, 0.15) is 5.15 Å². The second-order valence-electron chi connectivity index (χ2n) is 5.85. The van der Waals surface area contributed by atoms with E-state index in [-0.39, 0.29) is 5.54 Å². The van der Waals surface area contributed by atoms with Crippen molar-refractivity contribution in [2.24, 2.45) is 0 Å². The lowest BCUT2D eigenvalue weighted by Gasteiger charge is -2.20. The molecule has 0 atom stereocenters. The minimum absolute atomic E-state index is 0.0885. The molecule has 0 bridgehead atoms. The number of hydrogen-bond donors (Lipinski definition) is 0. The lowest BCUT2D eigenvalue weighted by Crippen LogP contribution is -2.23.